The van der Waals surface area contributed by atoms with E-state index in [-0.39, 0.29) is 5.91 Å². The van der Waals surface area contributed by atoms with Crippen molar-refractivity contribution in [1.82, 2.24) is 10.2 Å². The van der Waals surface area contributed by atoms with Crippen LogP contribution in [0.3, 0.4) is 0 Å². The summed E-state index contributed by atoms with van der Waals surface area (Å²) in [5.74, 6) is 0.835. The molecular formula is C12H25N3O. The molecule has 0 saturated carbocycles. The van der Waals surface area contributed by atoms with Gasteiger partial charge in [0, 0.05) is 6.54 Å². The van der Waals surface area contributed by atoms with Gasteiger partial charge in [0.15, 0.2) is 0 Å². The van der Waals surface area contributed by atoms with Crippen LogP contribution >= 0.6 is 0 Å². The van der Waals surface area contributed by atoms with E-state index in [1.54, 1.807) is 6.92 Å². The van der Waals surface area contributed by atoms with Gasteiger partial charge in [0.2, 0.25) is 5.91 Å². The second-order valence-corrected chi connectivity index (χ2v) is 4.96. The van der Waals surface area contributed by atoms with Crippen LogP contribution in [0.1, 0.15) is 33.1 Å². The number of hydrogen-bond acceptors (Lipinski definition) is 3. The number of piperidine rings is 1. The minimum Gasteiger partial charge on any atom is -0.355 e. The first-order valence-corrected chi connectivity index (χ1v) is 6.35. The number of hydrogen-bond donors (Lipinski definition) is 2. The van der Waals surface area contributed by atoms with E-state index in [4.69, 9.17) is 5.73 Å². The van der Waals surface area contributed by atoms with Crippen LogP contribution in [0.25, 0.3) is 0 Å². The number of nitrogens with one attached hydrogen (secondary N) is 1. The summed E-state index contributed by atoms with van der Waals surface area (Å²) in [5, 5.41) is 2.84. The number of carbonyl (C=O) groups excluding carboxylic acids is 1. The topological polar surface area (TPSA) is 58.4 Å². The molecular weight excluding hydrogens is 202 g/mol. The van der Waals surface area contributed by atoms with E-state index in [2.05, 4.69) is 17.1 Å². The summed E-state index contributed by atoms with van der Waals surface area (Å²) in [7, 11) is 0. The standard InChI is InChI=1S/C12H25N3O/c1-10-4-8-15(9-5-10)7-3-6-14-12(16)11(2)13/h10-11H,3-9,13H2,1-2H3,(H,14,16)/t11-/m0/s1. The molecule has 1 aliphatic heterocycles. The third-order valence-electron chi connectivity index (χ3n) is 3.24. The Morgan fingerprint density at radius 1 is 1.50 bits per heavy atom. The first-order valence-electron chi connectivity index (χ1n) is 6.35. The molecule has 4 heteroatoms. The van der Waals surface area contributed by atoms with Gasteiger partial charge in [-0.1, -0.05) is 6.92 Å². The molecule has 1 saturated heterocycles. The maximum Gasteiger partial charge on any atom is 0.236 e. The molecule has 0 aliphatic carbocycles. The van der Waals surface area contributed by atoms with Gasteiger partial charge < -0.3 is 16.0 Å². The van der Waals surface area contributed by atoms with Crippen molar-refractivity contribution in [2.45, 2.75) is 39.2 Å². The molecule has 0 radical (unpaired) electrons. The van der Waals surface area contributed by atoms with Crippen molar-refractivity contribution in [3.63, 3.8) is 0 Å². The lowest BCUT2D eigenvalue weighted by atomic mass is 9.99. The largest absolute Gasteiger partial charge is 0.355 e. The van der Waals surface area contributed by atoms with E-state index >= 15 is 0 Å². The third-order valence-corrected chi connectivity index (χ3v) is 3.24. The molecule has 1 fully saturated rings. The molecule has 16 heavy (non-hydrogen) atoms. The van der Waals surface area contributed by atoms with Crippen molar-refractivity contribution < 1.29 is 4.79 Å². The van der Waals surface area contributed by atoms with E-state index < -0.39 is 6.04 Å². The fourth-order valence-electron chi connectivity index (χ4n) is 1.96. The van der Waals surface area contributed by atoms with Crippen molar-refractivity contribution in [2.24, 2.45) is 11.7 Å². The summed E-state index contributed by atoms with van der Waals surface area (Å²) in [6.07, 6.45) is 3.64. The highest BCUT2D eigenvalue weighted by Gasteiger charge is 2.14. The van der Waals surface area contributed by atoms with E-state index in [1.807, 2.05) is 0 Å². The number of rotatable bonds is 5. The molecule has 1 atom stereocenters. The first-order chi connectivity index (χ1) is 7.59. The highest BCUT2D eigenvalue weighted by molar-refractivity contribution is 5.80. The average Bonchev–Trinajstić information content (AvgIpc) is 2.26. The molecule has 0 aromatic carbocycles. The Hall–Kier alpha value is -0.610. The average molecular weight is 227 g/mol. The molecule has 1 amide bonds. The molecule has 1 aliphatic rings. The summed E-state index contributed by atoms with van der Waals surface area (Å²) in [4.78, 5) is 13.7. The Morgan fingerprint density at radius 3 is 2.69 bits per heavy atom. The highest BCUT2D eigenvalue weighted by atomic mass is 16.2. The Labute approximate surface area is 98.6 Å². The predicted molar refractivity (Wildman–Crippen MR) is 66.1 cm³/mol. The van der Waals surface area contributed by atoms with Crippen molar-refractivity contribution in [1.29, 1.82) is 0 Å². The van der Waals surface area contributed by atoms with Crippen LogP contribution in [0.5, 0.6) is 0 Å². The number of nitrogens with two attached hydrogens (primary N) is 1. The summed E-state index contributed by atoms with van der Waals surface area (Å²) in [6.45, 7) is 8.28. The van der Waals surface area contributed by atoms with Crippen molar-refractivity contribution >= 4 is 5.91 Å². The van der Waals surface area contributed by atoms with Crippen molar-refractivity contribution in [3.05, 3.63) is 0 Å². The van der Waals surface area contributed by atoms with Gasteiger partial charge in [-0.05, 0) is 51.7 Å². The quantitative estimate of drug-likeness (QED) is 0.675. The van der Waals surface area contributed by atoms with Gasteiger partial charge in [-0.25, -0.2) is 0 Å². The summed E-state index contributed by atoms with van der Waals surface area (Å²) in [6, 6.07) is -0.393. The zero-order valence-corrected chi connectivity index (χ0v) is 10.5. The molecule has 1 rings (SSSR count). The Morgan fingerprint density at radius 2 is 2.12 bits per heavy atom. The fourth-order valence-corrected chi connectivity index (χ4v) is 1.96. The highest BCUT2D eigenvalue weighted by Crippen LogP contribution is 2.15. The Kier molecular flexibility index (Phi) is 5.77. The summed E-state index contributed by atoms with van der Waals surface area (Å²) >= 11 is 0. The van der Waals surface area contributed by atoms with Crippen LogP contribution in [0.15, 0.2) is 0 Å². The normalized spacial score (nSPS) is 20.7. The van der Waals surface area contributed by atoms with Gasteiger partial charge in [0.1, 0.15) is 0 Å². The van der Waals surface area contributed by atoms with Gasteiger partial charge >= 0.3 is 0 Å². The molecule has 0 spiro atoms. The van der Waals surface area contributed by atoms with Gasteiger partial charge in [0.05, 0.1) is 6.04 Å². The summed E-state index contributed by atoms with van der Waals surface area (Å²) in [5.41, 5.74) is 5.45. The zero-order valence-electron chi connectivity index (χ0n) is 10.5. The van der Waals surface area contributed by atoms with Crippen LogP contribution < -0.4 is 11.1 Å². The number of amides is 1. The summed E-state index contributed by atoms with van der Waals surface area (Å²) < 4.78 is 0. The second kappa shape index (κ2) is 6.86. The molecule has 4 nitrogen and oxygen atoms in total. The van der Waals surface area contributed by atoms with Crippen LogP contribution in [0.4, 0.5) is 0 Å². The predicted octanol–water partition coefficient (Wildman–Crippen LogP) is 0.572. The lowest BCUT2D eigenvalue weighted by Gasteiger charge is -2.30. The van der Waals surface area contributed by atoms with E-state index in [1.165, 1.54) is 25.9 Å². The SMILES string of the molecule is CC1CCN(CCCNC(=O)[C@H](C)N)CC1. The van der Waals surface area contributed by atoms with Gasteiger partial charge in [-0.3, -0.25) is 4.79 Å². The molecule has 0 unspecified atom stereocenters. The van der Waals surface area contributed by atoms with E-state index in [0.717, 1.165) is 25.4 Å². The maximum atomic E-state index is 11.2. The number of likely N-dealkylation sites (tertiary alicyclic amines) is 1. The molecule has 0 aromatic heterocycles. The molecule has 0 aromatic rings. The van der Waals surface area contributed by atoms with Crippen molar-refractivity contribution in [3.8, 4) is 0 Å². The fraction of sp³-hybridized carbons (Fsp3) is 0.917. The van der Waals surface area contributed by atoms with Crippen molar-refractivity contribution in [2.75, 3.05) is 26.2 Å². The van der Waals surface area contributed by atoms with E-state index in [9.17, 15) is 4.79 Å². The third kappa shape index (κ3) is 4.94. The number of nitrogens with zero attached hydrogens (tertiary/aromatic N) is 1. The molecule has 1 heterocycles. The Bertz CT molecular complexity index is 210. The zero-order chi connectivity index (χ0) is 12.0. The first kappa shape index (κ1) is 13.5. The van der Waals surface area contributed by atoms with Crippen LogP contribution in [-0.2, 0) is 4.79 Å². The maximum absolute atomic E-state index is 11.2. The minimum absolute atomic E-state index is 0.0488. The Balaban J connectivity index is 2.01. The van der Waals surface area contributed by atoms with Crippen LogP contribution in [0.2, 0.25) is 0 Å². The van der Waals surface area contributed by atoms with Crippen LogP contribution in [-0.4, -0.2) is 43.0 Å². The molecule has 3 N–H and O–H groups in total. The monoisotopic (exact) mass is 227 g/mol. The number of carbonyl (C=O) groups is 1. The minimum atomic E-state index is -0.393. The second-order valence-electron chi connectivity index (χ2n) is 4.96. The molecule has 0 bridgehead atoms. The van der Waals surface area contributed by atoms with Crippen LogP contribution in [0, 0.1) is 5.92 Å². The lowest BCUT2D eigenvalue weighted by Crippen LogP contribution is -2.40. The van der Waals surface area contributed by atoms with Gasteiger partial charge in [0.25, 0.3) is 0 Å². The van der Waals surface area contributed by atoms with E-state index in [0.29, 0.717) is 0 Å². The lowest BCUT2D eigenvalue weighted by molar-refractivity contribution is -0.121. The van der Waals surface area contributed by atoms with Gasteiger partial charge in [-0.2, -0.15) is 0 Å². The smallest absolute Gasteiger partial charge is 0.236 e. The molecule has 94 valence electrons. The van der Waals surface area contributed by atoms with Gasteiger partial charge in [-0.15, -0.1) is 0 Å².